The third kappa shape index (κ3) is 4.90. The van der Waals surface area contributed by atoms with Crippen molar-refractivity contribution in [2.45, 2.75) is 45.6 Å². The first-order valence-corrected chi connectivity index (χ1v) is 7.53. The minimum Gasteiger partial charge on any atom is -0.475 e. The second-order valence-corrected chi connectivity index (χ2v) is 6.07. The normalized spacial score (nSPS) is 16.4. The van der Waals surface area contributed by atoms with E-state index in [1.807, 2.05) is 32.0 Å². The van der Waals surface area contributed by atoms with E-state index in [1.165, 1.54) is 37.9 Å². The van der Waals surface area contributed by atoms with Crippen LogP contribution in [0.3, 0.4) is 0 Å². The van der Waals surface area contributed by atoms with Crippen molar-refractivity contribution in [3.05, 3.63) is 29.8 Å². The topological polar surface area (TPSA) is 12.5 Å². The largest absolute Gasteiger partial charge is 0.475 e. The van der Waals surface area contributed by atoms with E-state index in [0.717, 1.165) is 12.3 Å². The van der Waals surface area contributed by atoms with Gasteiger partial charge in [-0.15, -0.1) is 0 Å². The Labute approximate surface area is 123 Å². The van der Waals surface area contributed by atoms with Crippen molar-refractivity contribution >= 4 is 0 Å². The number of piperidine rings is 1. The molecule has 0 bridgehead atoms. The molecule has 0 radical (unpaired) electrons. The Hall–Kier alpha value is -1.46. The predicted octanol–water partition coefficient (Wildman–Crippen LogP) is 3.64. The summed E-state index contributed by atoms with van der Waals surface area (Å²) < 4.78 is 5.98. The summed E-state index contributed by atoms with van der Waals surface area (Å²) >= 11 is 0. The Kier molecular flexibility index (Phi) is 5.09. The summed E-state index contributed by atoms with van der Waals surface area (Å²) in [5, 5.41) is 0. The van der Waals surface area contributed by atoms with E-state index in [2.05, 4.69) is 29.7 Å². The zero-order valence-electron chi connectivity index (χ0n) is 12.9. The number of benzene rings is 1. The van der Waals surface area contributed by atoms with Gasteiger partial charge in [0.15, 0.2) is 5.60 Å². The van der Waals surface area contributed by atoms with E-state index in [0.29, 0.717) is 0 Å². The van der Waals surface area contributed by atoms with E-state index < -0.39 is 5.60 Å². The molecule has 20 heavy (non-hydrogen) atoms. The summed E-state index contributed by atoms with van der Waals surface area (Å²) in [7, 11) is 0. The van der Waals surface area contributed by atoms with E-state index >= 15 is 0 Å². The lowest BCUT2D eigenvalue weighted by atomic mass is 10.1. The zero-order valence-corrected chi connectivity index (χ0v) is 12.9. The molecular formula is C18H25NO. The summed E-state index contributed by atoms with van der Waals surface area (Å²) in [6, 6.07) is 8.12. The van der Waals surface area contributed by atoms with Gasteiger partial charge in [-0.1, -0.05) is 30.4 Å². The molecule has 2 nitrogen and oxygen atoms in total. The lowest BCUT2D eigenvalue weighted by Crippen LogP contribution is -2.31. The Morgan fingerprint density at radius 2 is 1.95 bits per heavy atom. The van der Waals surface area contributed by atoms with Gasteiger partial charge in [0.1, 0.15) is 5.75 Å². The number of rotatable bonds is 3. The maximum Gasteiger partial charge on any atom is 0.163 e. The lowest BCUT2D eigenvalue weighted by molar-refractivity contribution is 0.172. The SMILES string of the molecule is Cc1cccc(OC(C)(C)C#CCN2CCCCC2)c1. The average Bonchev–Trinajstić information content (AvgIpc) is 2.39. The summed E-state index contributed by atoms with van der Waals surface area (Å²) in [6.45, 7) is 9.36. The fourth-order valence-corrected chi connectivity index (χ4v) is 2.48. The number of nitrogens with zero attached hydrogens (tertiary/aromatic N) is 1. The van der Waals surface area contributed by atoms with Crippen LogP contribution in [0.2, 0.25) is 0 Å². The highest BCUT2D eigenvalue weighted by atomic mass is 16.5. The fraction of sp³-hybridized carbons (Fsp3) is 0.556. The molecule has 0 spiro atoms. The van der Waals surface area contributed by atoms with Crippen LogP contribution < -0.4 is 4.74 Å². The summed E-state index contributed by atoms with van der Waals surface area (Å²) in [5.74, 6) is 7.43. The van der Waals surface area contributed by atoms with Crippen LogP contribution in [0.15, 0.2) is 24.3 Å². The van der Waals surface area contributed by atoms with Gasteiger partial charge in [0.25, 0.3) is 0 Å². The van der Waals surface area contributed by atoms with Crippen molar-refractivity contribution in [1.29, 1.82) is 0 Å². The smallest absolute Gasteiger partial charge is 0.163 e. The predicted molar refractivity (Wildman–Crippen MR) is 84.0 cm³/mol. The average molecular weight is 271 g/mol. The van der Waals surface area contributed by atoms with Crippen LogP contribution in [0.5, 0.6) is 5.75 Å². The molecule has 0 unspecified atom stereocenters. The van der Waals surface area contributed by atoms with E-state index in [1.54, 1.807) is 0 Å². The van der Waals surface area contributed by atoms with Gasteiger partial charge < -0.3 is 4.74 Å². The van der Waals surface area contributed by atoms with Gasteiger partial charge in [0.2, 0.25) is 0 Å². The Bertz CT molecular complexity index is 490. The first-order valence-electron chi connectivity index (χ1n) is 7.53. The molecule has 1 saturated heterocycles. The van der Waals surface area contributed by atoms with Crippen molar-refractivity contribution in [2.24, 2.45) is 0 Å². The second kappa shape index (κ2) is 6.81. The molecule has 0 aliphatic carbocycles. The van der Waals surface area contributed by atoms with Gasteiger partial charge in [-0.05, 0) is 64.4 Å². The third-order valence-electron chi connectivity index (χ3n) is 3.50. The standard InChI is InChI=1S/C18H25NO/c1-16-9-7-10-17(15-16)20-18(2,3)11-8-14-19-12-5-4-6-13-19/h7,9-10,15H,4-6,12-14H2,1-3H3. The number of hydrogen-bond acceptors (Lipinski definition) is 2. The molecule has 0 saturated carbocycles. The van der Waals surface area contributed by atoms with E-state index in [9.17, 15) is 0 Å². The molecule has 0 atom stereocenters. The fourth-order valence-electron chi connectivity index (χ4n) is 2.48. The van der Waals surface area contributed by atoms with Crippen LogP contribution in [-0.2, 0) is 0 Å². The van der Waals surface area contributed by atoms with Gasteiger partial charge in [0, 0.05) is 0 Å². The molecular weight excluding hydrogens is 246 g/mol. The zero-order chi connectivity index (χ0) is 14.4. The minimum absolute atomic E-state index is 0.441. The maximum atomic E-state index is 5.98. The van der Waals surface area contributed by atoms with Crippen molar-refractivity contribution in [3.8, 4) is 17.6 Å². The quantitative estimate of drug-likeness (QED) is 0.778. The molecule has 1 aromatic carbocycles. The van der Waals surface area contributed by atoms with Gasteiger partial charge in [-0.3, -0.25) is 4.90 Å². The van der Waals surface area contributed by atoms with Gasteiger partial charge in [-0.2, -0.15) is 0 Å². The highest BCUT2D eigenvalue weighted by Gasteiger charge is 2.16. The van der Waals surface area contributed by atoms with Crippen LogP contribution in [0.25, 0.3) is 0 Å². The number of ether oxygens (including phenoxy) is 1. The molecule has 108 valence electrons. The first kappa shape index (κ1) is 14.9. The Balaban J connectivity index is 1.90. The van der Waals surface area contributed by atoms with E-state index in [-0.39, 0.29) is 0 Å². The first-order chi connectivity index (χ1) is 9.55. The monoisotopic (exact) mass is 271 g/mol. The summed E-state index contributed by atoms with van der Waals surface area (Å²) in [4.78, 5) is 2.43. The highest BCUT2D eigenvalue weighted by Crippen LogP contribution is 2.19. The third-order valence-corrected chi connectivity index (χ3v) is 3.50. The van der Waals surface area contributed by atoms with Gasteiger partial charge >= 0.3 is 0 Å². The molecule has 1 aromatic rings. The molecule has 1 heterocycles. The molecule has 0 N–H and O–H groups in total. The minimum atomic E-state index is -0.441. The molecule has 0 aromatic heterocycles. The molecule has 0 amide bonds. The van der Waals surface area contributed by atoms with Gasteiger partial charge in [-0.25, -0.2) is 0 Å². The Morgan fingerprint density at radius 1 is 1.20 bits per heavy atom. The van der Waals surface area contributed by atoms with Crippen molar-refractivity contribution in [2.75, 3.05) is 19.6 Å². The van der Waals surface area contributed by atoms with Crippen LogP contribution in [-0.4, -0.2) is 30.1 Å². The van der Waals surface area contributed by atoms with Crippen LogP contribution in [0, 0.1) is 18.8 Å². The van der Waals surface area contributed by atoms with Crippen LogP contribution >= 0.6 is 0 Å². The second-order valence-electron chi connectivity index (χ2n) is 6.07. The lowest BCUT2D eigenvalue weighted by Gasteiger charge is -2.24. The van der Waals surface area contributed by atoms with Crippen molar-refractivity contribution in [3.63, 3.8) is 0 Å². The van der Waals surface area contributed by atoms with Crippen molar-refractivity contribution < 1.29 is 4.74 Å². The maximum absolute atomic E-state index is 5.98. The highest BCUT2D eigenvalue weighted by molar-refractivity contribution is 5.29. The van der Waals surface area contributed by atoms with Crippen LogP contribution in [0.4, 0.5) is 0 Å². The molecule has 1 aliphatic heterocycles. The molecule has 2 heteroatoms. The number of aryl methyl sites for hydroxylation is 1. The molecule has 1 fully saturated rings. The van der Waals surface area contributed by atoms with Crippen molar-refractivity contribution in [1.82, 2.24) is 4.90 Å². The van der Waals surface area contributed by atoms with Gasteiger partial charge in [0.05, 0.1) is 6.54 Å². The van der Waals surface area contributed by atoms with Crippen LogP contribution in [0.1, 0.15) is 38.7 Å². The summed E-state index contributed by atoms with van der Waals surface area (Å²) in [5.41, 5.74) is 0.767. The number of hydrogen-bond donors (Lipinski definition) is 0. The summed E-state index contributed by atoms with van der Waals surface area (Å²) in [6.07, 6.45) is 3.99. The molecule has 2 rings (SSSR count). The number of likely N-dealkylation sites (tertiary alicyclic amines) is 1. The van der Waals surface area contributed by atoms with E-state index in [4.69, 9.17) is 4.74 Å². The Morgan fingerprint density at radius 3 is 2.65 bits per heavy atom. The molecule has 1 aliphatic rings.